The van der Waals surface area contributed by atoms with E-state index in [1.165, 1.54) is 0 Å². The van der Waals surface area contributed by atoms with E-state index in [9.17, 15) is 4.79 Å². The number of halogens is 1. The van der Waals surface area contributed by atoms with Crippen molar-refractivity contribution in [2.45, 2.75) is 26.9 Å². The number of aryl methyl sites for hydroxylation is 1. The predicted molar refractivity (Wildman–Crippen MR) is 86.5 cm³/mol. The van der Waals surface area contributed by atoms with Crippen LogP contribution in [0.5, 0.6) is 0 Å². The van der Waals surface area contributed by atoms with Gasteiger partial charge in [-0.25, -0.2) is 4.79 Å². The minimum atomic E-state index is -0.413. The zero-order valence-electron chi connectivity index (χ0n) is 12.3. The number of hydrogen-bond donors (Lipinski definition) is 1. The average Bonchev–Trinajstić information content (AvgIpc) is 2.42. The minimum Gasteiger partial charge on any atom is -0.459 e. The molecule has 2 rings (SSSR count). The van der Waals surface area contributed by atoms with Crippen molar-refractivity contribution in [3.63, 3.8) is 0 Å². The molecular weight excluding hydrogens is 286 g/mol. The second-order valence-corrected chi connectivity index (χ2v) is 5.50. The molecule has 0 unspecified atom stereocenters. The van der Waals surface area contributed by atoms with Gasteiger partial charge in [-0.15, -0.1) is 0 Å². The van der Waals surface area contributed by atoms with E-state index in [0.717, 1.165) is 16.9 Å². The van der Waals surface area contributed by atoms with Crippen LogP contribution in [0.25, 0.3) is 0 Å². The van der Waals surface area contributed by atoms with Gasteiger partial charge in [0.1, 0.15) is 0 Å². The number of nitrogens with one attached hydrogen (secondary N) is 1. The molecule has 1 N–H and O–H groups in total. The third-order valence-corrected chi connectivity index (χ3v) is 3.28. The fourth-order valence-corrected chi connectivity index (χ4v) is 2.10. The molecule has 0 radical (unpaired) electrons. The van der Waals surface area contributed by atoms with Gasteiger partial charge in [0.15, 0.2) is 0 Å². The third-order valence-electron chi connectivity index (χ3n) is 2.95. The molecule has 0 aliphatic heterocycles. The zero-order chi connectivity index (χ0) is 15.4. The van der Waals surface area contributed by atoms with Gasteiger partial charge in [0.2, 0.25) is 0 Å². The molecule has 0 bridgehead atoms. The van der Waals surface area contributed by atoms with Gasteiger partial charge >= 0.3 is 5.97 Å². The van der Waals surface area contributed by atoms with Gasteiger partial charge in [-0.1, -0.05) is 29.8 Å². The van der Waals surface area contributed by atoms with E-state index in [4.69, 9.17) is 16.3 Å². The van der Waals surface area contributed by atoms with Crippen molar-refractivity contribution < 1.29 is 9.53 Å². The van der Waals surface area contributed by atoms with Crippen LogP contribution < -0.4 is 5.32 Å². The van der Waals surface area contributed by atoms with Crippen LogP contribution in [0.2, 0.25) is 5.02 Å². The minimum absolute atomic E-state index is 0.179. The van der Waals surface area contributed by atoms with Gasteiger partial charge in [-0.2, -0.15) is 0 Å². The van der Waals surface area contributed by atoms with Gasteiger partial charge < -0.3 is 10.1 Å². The lowest BCUT2D eigenvalue weighted by Crippen LogP contribution is -2.12. The molecule has 0 aromatic heterocycles. The molecule has 0 heterocycles. The number of esters is 1. The van der Waals surface area contributed by atoms with E-state index in [2.05, 4.69) is 5.32 Å². The molecule has 0 aliphatic rings. The standard InChI is InChI=1S/C17H18ClNO2/c1-11(2)21-17(20)14-10-13(8-9-15(14)18)19-16-7-5-4-6-12(16)3/h4-11,19H,1-3H3. The van der Waals surface area contributed by atoms with Crippen molar-refractivity contribution in [1.29, 1.82) is 0 Å². The molecule has 0 spiro atoms. The number of ether oxygens (including phenoxy) is 1. The molecule has 4 heteroatoms. The molecule has 2 aromatic carbocycles. The summed E-state index contributed by atoms with van der Waals surface area (Å²) in [4.78, 5) is 12.0. The summed E-state index contributed by atoms with van der Waals surface area (Å²) >= 11 is 6.08. The van der Waals surface area contributed by atoms with Crippen LogP contribution in [0.1, 0.15) is 29.8 Å². The third kappa shape index (κ3) is 3.99. The largest absolute Gasteiger partial charge is 0.459 e. The number of hydrogen-bond acceptors (Lipinski definition) is 3. The molecule has 0 amide bonds. The molecule has 0 fully saturated rings. The Kier molecular flexibility index (Phi) is 4.86. The molecule has 0 saturated heterocycles. The summed E-state index contributed by atoms with van der Waals surface area (Å²) in [6.07, 6.45) is -0.179. The smallest absolute Gasteiger partial charge is 0.339 e. The maximum absolute atomic E-state index is 12.0. The molecule has 0 atom stereocenters. The van der Waals surface area contributed by atoms with E-state index < -0.39 is 5.97 Å². The molecule has 0 saturated carbocycles. The highest BCUT2D eigenvalue weighted by Crippen LogP contribution is 2.25. The summed E-state index contributed by atoms with van der Waals surface area (Å²) in [5.41, 5.74) is 3.27. The fourth-order valence-electron chi connectivity index (χ4n) is 1.91. The monoisotopic (exact) mass is 303 g/mol. The van der Waals surface area contributed by atoms with Crippen LogP contribution in [-0.2, 0) is 4.74 Å². The highest BCUT2D eigenvalue weighted by atomic mass is 35.5. The van der Waals surface area contributed by atoms with E-state index in [-0.39, 0.29) is 6.10 Å². The quantitative estimate of drug-likeness (QED) is 0.812. The lowest BCUT2D eigenvalue weighted by Gasteiger charge is -2.13. The highest BCUT2D eigenvalue weighted by molar-refractivity contribution is 6.33. The first-order chi connectivity index (χ1) is 9.97. The molecule has 21 heavy (non-hydrogen) atoms. The highest BCUT2D eigenvalue weighted by Gasteiger charge is 2.14. The summed E-state index contributed by atoms with van der Waals surface area (Å²) in [5, 5.41) is 3.67. The Morgan fingerprint density at radius 1 is 1.19 bits per heavy atom. The summed E-state index contributed by atoms with van der Waals surface area (Å²) in [6, 6.07) is 13.2. The lowest BCUT2D eigenvalue weighted by molar-refractivity contribution is 0.0378. The number of anilines is 2. The Labute approximate surface area is 129 Å². The van der Waals surface area contributed by atoms with Crippen LogP contribution in [-0.4, -0.2) is 12.1 Å². The average molecular weight is 304 g/mol. The van der Waals surface area contributed by atoms with Crippen molar-refractivity contribution >= 4 is 28.9 Å². The number of rotatable bonds is 4. The van der Waals surface area contributed by atoms with E-state index in [1.807, 2.05) is 37.3 Å². The summed E-state index contributed by atoms with van der Waals surface area (Å²) in [6.45, 7) is 5.63. The number of carbonyl (C=O) groups excluding carboxylic acids is 1. The topological polar surface area (TPSA) is 38.3 Å². The number of carbonyl (C=O) groups is 1. The van der Waals surface area contributed by atoms with E-state index >= 15 is 0 Å². The normalized spacial score (nSPS) is 10.5. The first-order valence-corrected chi connectivity index (χ1v) is 7.18. The number of para-hydroxylation sites is 1. The molecular formula is C17H18ClNO2. The Bertz CT molecular complexity index is 653. The SMILES string of the molecule is Cc1ccccc1Nc1ccc(Cl)c(C(=O)OC(C)C)c1. The van der Waals surface area contributed by atoms with Crippen molar-refractivity contribution in [1.82, 2.24) is 0 Å². The van der Waals surface area contributed by atoms with Gasteiger partial charge in [-0.3, -0.25) is 0 Å². The second-order valence-electron chi connectivity index (χ2n) is 5.09. The summed E-state index contributed by atoms with van der Waals surface area (Å²) in [7, 11) is 0. The summed E-state index contributed by atoms with van der Waals surface area (Å²) < 4.78 is 5.19. The van der Waals surface area contributed by atoms with Gasteiger partial charge in [-0.05, 0) is 50.6 Å². The van der Waals surface area contributed by atoms with Crippen molar-refractivity contribution in [2.24, 2.45) is 0 Å². The first kappa shape index (κ1) is 15.4. The molecule has 110 valence electrons. The van der Waals surface area contributed by atoms with E-state index in [1.54, 1.807) is 26.0 Å². The number of benzene rings is 2. The fraction of sp³-hybridized carbons (Fsp3) is 0.235. The first-order valence-electron chi connectivity index (χ1n) is 6.80. The van der Waals surface area contributed by atoms with Gasteiger partial charge in [0.25, 0.3) is 0 Å². The van der Waals surface area contributed by atoms with Crippen LogP contribution in [0, 0.1) is 6.92 Å². The molecule has 3 nitrogen and oxygen atoms in total. The molecule has 0 aliphatic carbocycles. The summed E-state index contributed by atoms with van der Waals surface area (Å²) in [5.74, 6) is -0.413. The zero-order valence-corrected chi connectivity index (χ0v) is 13.1. The Morgan fingerprint density at radius 2 is 1.90 bits per heavy atom. The van der Waals surface area contributed by atoms with Crippen LogP contribution in [0.15, 0.2) is 42.5 Å². The van der Waals surface area contributed by atoms with Crippen molar-refractivity contribution in [3.8, 4) is 0 Å². The maximum Gasteiger partial charge on any atom is 0.339 e. The van der Waals surface area contributed by atoms with Crippen LogP contribution in [0.4, 0.5) is 11.4 Å². The van der Waals surface area contributed by atoms with Gasteiger partial charge in [0, 0.05) is 11.4 Å². The predicted octanol–water partition coefficient (Wildman–Crippen LogP) is 4.96. The van der Waals surface area contributed by atoms with Crippen molar-refractivity contribution in [2.75, 3.05) is 5.32 Å². The Morgan fingerprint density at radius 3 is 2.57 bits per heavy atom. The van der Waals surface area contributed by atoms with Crippen molar-refractivity contribution in [3.05, 3.63) is 58.6 Å². The lowest BCUT2D eigenvalue weighted by atomic mass is 10.1. The van der Waals surface area contributed by atoms with Gasteiger partial charge in [0.05, 0.1) is 16.7 Å². The second kappa shape index (κ2) is 6.64. The molecule has 2 aromatic rings. The van der Waals surface area contributed by atoms with E-state index in [0.29, 0.717) is 10.6 Å². The Balaban J connectivity index is 2.26. The van der Waals surface area contributed by atoms with Crippen LogP contribution in [0.3, 0.4) is 0 Å². The van der Waals surface area contributed by atoms with Crippen LogP contribution >= 0.6 is 11.6 Å². The Hall–Kier alpha value is -2.00. The maximum atomic E-state index is 12.0.